The summed E-state index contributed by atoms with van der Waals surface area (Å²) in [5, 5.41) is 8.61. The fourth-order valence-electron chi connectivity index (χ4n) is 1.64. The van der Waals surface area contributed by atoms with Gasteiger partial charge < -0.3 is 20.3 Å². The van der Waals surface area contributed by atoms with Gasteiger partial charge in [0.15, 0.2) is 0 Å². The van der Waals surface area contributed by atoms with Crippen molar-refractivity contribution in [2.75, 3.05) is 25.6 Å². The molecular weight excluding hydrogens is 258 g/mol. The molecule has 0 saturated carbocycles. The summed E-state index contributed by atoms with van der Waals surface area (Å²) in [6.07, 6.45) is 3.82. The predicted molar refractivity (Wildman–Crippen MR) is 77.5 cm³/mol. The minimum Gasteiger partial charge on any atom is -0.493 e. The van der Waals surface area contributed by atoms with Gasteiger partial charge in [0.25, 0.3) is 0 Å². The molecule has 0 aliphatic heterocycles. The molecule has 0 aliphatic carbocycles. The van der Waals surface area contributed by atoms with Crippen molar-refractivity contribution in [2.24, 2.45) is 0 Å². The Bertz CT molecular complexity index is 378. The molecule has 3 N–H and O–H groups in total. The third kappa shape index (κ3) is 7.63. The number of anilines is 1. The van der Waals surface area contributed by atoms with Gasteiger partial charge in [0.1, 0.15) is 5.75 Å². The number of aliphatic hydroxyl groups is 1. The van der Waals surface area contributed by atoms with Crippen molar-refractivity contribution in [1.29, 1.82) is 0 Å². The second-order valence-electron chi connectivity index (χ2n) is 4.53. The van der Waals surface area contributed by atoms with Gasteiger partial charge in [-0.15, -0.1) is 0 Å². The van der Waals surface area contributed by atoms with Crippen LogP contribution in [-0.4, -0.2) is 30.9 Å². The number of nitrogen functional groups attached to an aromatic ring is 1. The Morgan fingerprint density at radius 2 is 1.75 bits per heavy atom. The van der Waals surface area contributed by atoms with Crippen LogP contribution >= 0.6 is 0 Å². The second-order valence-corrected chi connectivity index (χ2v) is 4.53. The fraction of sp³-hybridized carbons (Fsp3) is 0.533. The molecule has 1 aromatic rings. The van der Waals surface area contributed by atoms with Gasteiger partial charge in [-0.2, -0.15) is 0 Å². The third-order valence-electron chi connectivity index (χ3n) is 2.77. The van der Waals surface area contributed by atoms with E-state index in [2.05, 4.69) is 0 Å². The van der Waals surface area contributed by atoms with Crippen LogP contribution in [0.3, 0.4) is 0 Å². The first-order valence-electron chi connectivity index (χ1n) is 6.97. The molecule has 20 heavy (non-hydrogen) atoms. The van der Waals surface area contributed by atoms with Crippen molar-refractivity contribution in [3.05, 3.63) is 24.3 Å². The van der Waals surface area contributed by atoms with Gasteiger partial charge in [0.2, 0.25) is 0 Å². The number of carbonyl (C=O) groups is 1. The number of unbranched alkanes of at least 4 members (excludes halogenated alkanes) is 3. The molecule has 0 amide bonds. The summed E-state index contributed by atoms with van der Waals surface area (Å²) < 4.78 is 10.5. The Kier molecular flexibility index (Phi) is 8.22. The minimum atomic E-state index is -0.248. The normalized spacial score (nSPS) is 10.2. The zero-order valence-corrected chi connectivity index (χ0v) is 11.7. The van der Waals surface area contributed by atoms with Crippen molar-refractivity contribution in [3.8, 4) is 5.75 Å². The number of benzene rings is 1. The molecule has 0 radical (unpaired) electrons. The molecule has 0 aromatic heterocycles. The Morgan fingerprint density at radius 3 is 2.45 bits per heavy atom. The Hall–Kier alpha value is -1.75. The minimum absolute atomic E-state index is 0.224. The number of nitrogens with two attached hydrogens (primary N) is 1. The summed E-state index contributed by atoms with van der Waals surface area (Å²) in [4.78, 5) is 11.4. The lowest BCUT2D eigenvalue weighted by Crippen LogP contribution is -2.10. The maximum Gasteiger partial charge on any atom is 0.309 e. The third-order valence-corrected chi connectivity index (χ3v) is 2.77. The van der Waals surface area contributed by atoms with Gasteiger partial charge >= 0.3 is 5.97 Å². The maximum atomic E-state index is 11.4. The van der Waals surface area contributed by atoms with E-state index in [1.165, 1.54) is 0 Å². The SMILES string of the molecule is Nc1ccc(OCCC(=O)OCCCCCCO)cc1. The topological polar surface area (TPSA) is 81.8 Å². The van der Waals surface area contributed by atoms with Gasteiger partial charge in [0.05, 0.1) is 19.6 Å². The highest BCUT2D eigenvalue weighted by Crippen LogP contribution is 2.13. The van der Waals surface area contributed by atoms with Crippen LogP contribution in [-0.2, 0) is 9.53 Å². The summed E-state index contributed by atoms with van der Waals surface area (Å²) in [7, 11) is 0. The summed E-state index contributed by atoms with van der Waals surface area (Å²) in [6.45, 7) is 0.960. The van der Waals surface area contributed by atoms with E-state index < -0.39 is 0 Å². The lowest BCUT2D eigenvalue weighted by atomic mass is 10.2. The van der Waals surface area contributed by atoms with E-state index in [9.17, 15) is 4.79 Å². The standard InChI is InChI=1S/C15H23NO4/c16-13-5-7-14(8-6-13)19-12-9-15(18)20-11-4-2-1-3-10-17/h5-8,17H,1-4,9-12,16H2. The molecule has 0 heterocycles. The highest BCUT2D eigenvalue weighted by atomic mass is 16.5. The molecule has 0 aliphatic rings. The number of carbonyl (C=O) groups excluding carboxylic acids is 1. The summed E-state index contributed by atoms with van der Waals surface area (Å²) in [5.74, 6) is 0.443. The van der Waals surface area contributed by atoms with Crippen molar-refractivity contribution in [2.45, 2.75) is 32.1 Å². The van der Waals surface area contributed by atoms with Crippen LogP contribution in [0.4, 0.5) is 5.69 Å². The van der Waals surface area contributed by atoms with Crippen LogP contribution in [0.5, 0.6) is 5.75 Å². The summed E-state index contributed by atoms with van der Waals surface area (Å²) >= 11 is 0. The smallest absolute Gasteiger partial charge is 0.309 e. The van der Waals surface area contributed by atoms with E-state index in [-0.39, 0.29) is 19.0 Å². The average Bonchev–Trinajstić information content (AvgIpc) is 2.45. The largest absolute Gasteiger partial charge is 0.493 e. The van der Waals surface area contributed by atoms with Crippen molar-refractivity contribution >= 4 is 11.7 Å². The summed E-state index contributed by atoms with van der Waals surface area (Å²) in [5.41, 5.74) is 6.24. The van der Waals surface area contributed by atoms with Crippen molar-refractivity contribution in [1.82, 2.24) is 0 Å². The molecule has 0 spiro atoms. The number of hydrogen-bond acceptors (Lipinski definition) is 5. The fourth-order valence-corrected chi connectivity index (χ4v) is 1.64. The van der Waals surface area contributed by atoms with Crippen LogP contribution in [0.15, 0.2) is 24.3 Å². The number of hydrogen-bond donors (Lipinski definition) is 2. The average molecular weight is 281 g/mol. The van der Waals surface area contributed by atoms with Crippen LogP contribution in [0.25, 0.3) is 0 Å². The van der Waals surface area contributed by atoms with Gasteiger partial charge in [-0.05, 0) is 43.5 Å². The number of aliphatic hydroxyl groups excluding tert-OH is 1. The van der Waals surface area contributed by atoms with Gasteiger partial charge in [-0.3, -0.25) is 4.79 Å². The number of ether oxygens (including phenoxy) is 2. The van der Waals surface area contributed by atoms with Crippen molar-refractivity contribution in [3.63, 3.8) is 0 Å². The van der Waals surface area contributed by atoms with Crippen LogP contribution in [0, 0.1) is 0 Å². The molecule has 0 atom stereocenters. The molecule has 1 rings (SSSR count). The van der Waals surface area contributed by atoms with E-state index >= 15 is 0 Å². The van der Waals surface area contributed by atoms with Gasteiger partial charge in [-0.1, -0.05) is 6.42 Å². The van der Waals surface area contributed by atoms with Gasteiger partial charge in [0, 0.05) is 12.3 Å². The molecule has 112 valence electrons. The second kappa shape index (κ2) is 10.1. The zero-order valence-electron chi connectivity index (χ0n) is 11.7. The highest BCUT2D eigenvalue weighted by molar-refractivity contribution is 5.69. The molecule has 0 unspecified atom stereocenters. The maximum absolute atomic E-state index is 11.4. The monoisotopic (exact) mass is 281 g/mol. The Balaban J connectivity index is 2.01. The molecule has 1 aromatic carbocycles. The van der Waals surface area contributed by atoms with Gasteiger partial charge in [-0.25, -0.2) is 0 Å². The lowest BCUT2D eigenvalue weighted by Gasteiger charge is -2.07. The molecule has 0 saturated heterocycles. The van der Waals surface area contributed by atoms with E-state index in [4.69, 9.17) is 20.3 Å². The summed E-state index contributed by atoms with van der Waals surface area (Å²) in [6, 6.07) is 7.03. The Morgan fingerprint density at radius 1 is 1.05 bits per heavy atom. The highest BCUT2D eigenvalue weighted by Gasteiger charge is 2.03. The number of esters is 1. The van der Waals surface area contributed by atoms with E-state index in [0.29, 0.717) is 24.7 Å². The van der Waals surface area contributed by atoms with E-state index in [1.54, 1.807) is 24.3 Å². The Labute approximate surface area is 119 Å². The first-order chi connectivity index (χ1) is 9.72. The first kappa shape index (κ1) is 16.3. The molecule has 0 bridgehead atoms. The molecule has 5 heteroatoms. The van der Waals surface area contributed by atoms with Crippen molar-refractivity contribution < 1.29 is 19.4 Å². The van der Waals surface area contributed by atoms with Crippen LogP contribution in [0.1, 0.15) is 32.1 Å². The van der Waals surface area contributed by atoms with E-state index in [1.807, 2.05) is 0 Å². The molecule has 5 nitrogen and oxygen atoms in total. The zero-order chi connectivity index (χ0) is 14.6. The lowest BCUT2D eigenvalue weighted by molar-refractivity contribution is -0.144. The predicted octanol–water partition coefficient (Wildman–Crippen LogP) is 2.13. The van der Waals surface area contributed by atoms with Crippen LogP contribution in [0.2, 0.25) is 0 Å². The van der Waals surface area contributed by atoms with E-state index in [0.717, 1.165) is 25.7 Å². The quantitative estimate of drug-likeness (QED) is 0.390. The van der Waals surface area contributed by atoms with Crippen LogP contribution < -0.4 is 10.5 Å². The first-order valence-corrected chi connectivity index (χ1v) is 6.97. The number of rotatable bonds is 10. The molecular formula is C15H23NO4. The molecule has 0 fully saturated rings.